The molecule has 0 saturated carbocycles. The quantitative estimate of drug-likeness (QED) is 0.509. The lowest BCUT2D eigenvalue weighted by Gasteiger charge is -2.26. The van der Waals surface area contributed by atoms with Gasteiger partial charge in [-0.15, -0.1) is 0 Å². The lowest BCUT2D eigenvalue weighted by atomic mass is 10.2. The predicted octanol–water partition coefficient (Wildman–Crippen LogP) is 5.14. The molecule has 31 heavy (non-hydrogen) atoms. The fourth-order valence-corrected chi connectivity index (χ4v) is 4.73. The highest BCUT2D eigenvalue weighted by Crippen LogP contribution is 2.35. The molecule has 0 unspecified atom stereocenters. The Morgan fingerprint density at radius 3 is 2.42 bits per heavy atom. The van der Waals surface area contributed by atoms with Gasteiger partial charge in [-0.1, -0.05) is 47.5 Å². The number of nitrogens with zero attached hydrogens (tertiary/aromatic N) is 1. The van der Waals surface area contributed by atoms with E-state index in [1.807, 2.05) is 0 Å². The summed E-state index contributed by atoms with van der Waals surface area (Å²) < 4.78 is 33.2. The van der Waals surface area contributed by atoms with Crippen LogP contribution in [-0.2, 0) is 14.8 Å². The molecule has 0 heterocycles. The average molecular weight is 479 g/mol. The largest absolute Gasteiger partial charge is 0.495 e. The smallest absolute Gasteiger partial charge is 0.264 e. The Bertz CT molecular complexity index is 1200. The lowest BCUT2D eigenvalue weighted by Crippen LogP contribution is -2.38. The zero-order valence-electron chi connectivity index (χ0n) is 16.8. The van der Waals surface area contributed by atoms with E-state index >= 15 is 0 Å². The van der Waals surface area contributed by atoms with Crippen molar-refractivity contribution in [3.8, 4) is 5.75 Å². The first-order valence-corrected chi connectivity index (χ1v) is 11.4. The molecule has 0 aliphatic heterocycles. The number of amides is 1. The summed E-state index contributed by atoms with van der Waals surface area (Å²) in [6.07, 6.45) is 0. The first-order chi connectivity index (χ1) is 14.7. The highest BCUT2D eigenvalue weighted by atomic mass is 35.5. The summed E-state index contributed by atoms with van der Waals surface area (Å²) in [6, 6.07) is 17.5. The third-order valence-electron chi connectivity index (χ3n) is 4.57. The van der Waals surface area contributed by atoms with Gasteiger partial charge in [-0.25, -0.2) is 8.42 Å². The Balaban J connectivity index is 2.04. The van der Waals surface area contributed by atoms with Crippen LogP contribution in [0.25, 0.3) is 0 Å². The summed E-state index contributed by atoms with van der Waals surface area (Å²) in [7, 11) is -2.69. The number of sulfonamides is 1. The third-order valence-corrected chi connectivity index (χ3v) is 6.99. The molecule has 1 N–H and O–H groups in total. The molecular weight excluding hydrogens is 459 g/mol. The number of carbonyl (C=O) groups excluding carboxylic acids is 1. The fraction of sp³-hybridized carbons (Fsp3) is 0.136. The van der Waals surface area contributed by atoms with E-state index in [1.54, 1.807) is 55.5 Å². The molecule has 9 heteroatoms. The van der Waals surface area contributed by atoms with Gasteiger partial charge in [0.15, 0.2) is 0 Å². The Morgan fingerprint density at radius 2 is 1.74 bits per heavy atom. The van der Waals surface area contributed by atoms with E-state index in [-0.39, 0.29) is 16.3 Å². The van der Waals surface area contributed by atoms with Crippen LogP contribution in [0.15, 0.2) is 71.6 Å². The number of rotatable bonds is 7. The maximum absolute atomic E-state index is 13.4. The Labute approximate surface area is 191 Å². The van der Waals surface area contributed by atoms with Crippen LogP contribution in [0.4, 0.5) is 11.4 Å². The van der Waals surface area contributed by atoms with Crippen molar-refractivity contribution in [3.63, 3.8) is 0 Å². The molecule has 0 aliphatic rings. The molecule has 0 aliphatic carbocycles. The number of nitrogens with one attached hydrogen (secondary N) is 1. The Kier molecular flexibility index (Phi) is 7.10. The van der Waals surface area contributed by atoms with Gasteiger partial charge in [0.1, 0.15) is 12.3 Å². The van der Waals surface area contributed by atoms with Crippen LogP contribution in [-0.4, -0.2) is 28.0 Å². The molecule has 0 bridgehead atoms. The molecule has 0 saturated heterocycles. The van der Waals surface area contributed by atoms with Crippen LogP contribution in [0.3, 0.4) is 0 Å². The number of hydrogen-bond acceptors (Lipinski definition) is 4. The van der Waals surface area contributed by atoms with Crippen molar-refractivity contribution in [1.82, 2.24) is 0 Å². The zero-order valence-corrected chi connectivity index (χ0v) is 19.1. The highest BCUT2D eigenvalue weighted by Gasteiger charge is 2.29. The molecule has 0 atom stereocenters. The molecule has 3 aromatic rings. The summed E-state index contributed by atoms with van der Waals surface area (Å²) in [5, 5.41) is 3.51. The summed E-state index contributed by atoms with van der Waals surface area (Å²) in [5.41, 5.74) is 1.32. The number of methoxy groups -OCH3 is 1. The van der Waals surface area contributed by atoms with Crippen molar-refractivity contribution in [2.45, 2.75) is 11.8 Å². The molecule has 0 radical (unpaired) electrons. The van der Waals surface area contributed by atoms with Crippen LogP contribution in [0.2, 0.25) is 10.0 Å². The SMILES string of the molecule is COc1ccc(Cl)cc1N(CC(=O)Nc1cccc(Cl)c1C)S(=O)(=O)c1ccccc1. The van der Waals surface area contributed by atoms with E-state index in [4.69, 9.17) is 27.9 Å². The summed E-state index contributed by atoms with van der Waals surface area (Å²) in [6.45, 7) is 1.26. The molecule has 3 rings (SSSR count). The van der Waals surface area contributed by atoms with Crippen molar-refractivity contribution in [3.05, 3.63) is 82.3 Å². The maximum Gasteiger partial charge on any atom is 0.264 e. The van der Waals surface area contributed by atoms with Gasteiger partial charge in [0.25, 0.3) is 10.0 Å². The van der Waals surface area contributed by atoms with Crippen LogP contribution in [0.5, 0.6) is 5.75 Å². The number of halogens is 2. The zero-order chi connectivity index (χ0) is 22.6. The predicted molar refractivity (Wildman–Crippen MR) is 124 cm³/mol. The maximum atomic E-state index is 13.4. The van der Waals surface area contributed by atoms with Gasteiger partial charge in [0, 0.05) is 15.7 Å². The van der Waals surface area contributed by atoms with E-state index in [0.717, 1.165) is 4.31 Å². The van der Waals surface area contributed by atoms with Crippen molar-refractivity contribution in [2.24, 2.45) is 0 Å². The molecule has 3 aromatic carbocycles. The molecular formula is C22H20Cl2N2O4S. The third kappa shape index (κ3) is 5.12. The van der Waals surface area contributed by atoms with Crippen LogP contribution in [0, 0.1) is 6.92 Å². The van der Waals surface area contributed by atoms with E-state index in [1.165, 1.54) is 25.3 Å². The van der Waals surface area contributed by atoms with Gasteiger partial charge in [-0.05, 0) is 55.0 Å². The molecule has 0 spiro atoms. The van der Waals surface area contributed by atoms with Crippen molar-refractivity contribution in [2.75, 3.05) is 23.3 Å². The monoisotopic (exact) mass is 478 g/mol. The first kappa shape index (κ1) is 22.9. The first-order valence-electron chi connectivity index (χ1n) is 9.20. The van der Waals surface area contributed by atoms with Crippen LogP contribution >= 0.6 is 23.2 Å². The Hall–Kier alpha value is -2.74. The molecule has 0 fully saturated rings. The van der Waals surface area contributed by atoms with E-state index in [0.29, 0.717) is 21.3 Å². The van der Waals surface area contributed by atoms with E-state index < -0.39 is 22.5 Å². The van der Waals surface area contributed by atoms with Crippen molar-refractivity contribution >= 4 is 50.5 Å². The van der Waals surface area contributed by atoms with E-state index in [9.17, 15) is 13.2 Å². The minimum atomic E-state index is -4.10. The van der Waals surface area contributed by atoms with Gasteiger partial charge in [-0.2, -0.15) is 0 Å². The highest BCUT2D eigenvalue weighted by molar-refractivity contribution is 7.92. The summed E-state index contributed by atoms with van der Waals surface area (Å²) in [5.74, 6) is -0.289. The normalized spacial score (nSPS) is 11.1. The molecule has 1 amide bonds. The molecule has 0 aromatic heterocycles. The number of ether oxygens (including phenoxy) is 1. The minimum absolute atomic E-state index is 0.0313. The van der Waals surface area contributed by atoms with Gasteiger partial charge in [-0.3, -0.25) is 9.10 Å². The average Bonchev–Trinajstić information content (AvgIpc) is 2.76. The Morgan fingerprint density at radius 1 is 1.03 bits per heavy atom. The second-order valence-electron chi connectivity index (χ2n) is 6.60. The van der Waals surface area contributed by atoms with Crippen LogP contribution < -0.4 is 14.4 Å². The summed E-state index contributed by atoms with van der Waals surface area (Å²) in [4.78, 5) is 12.9. The standard InChI is InChI=1S/C22H20Cl2N2O4S/c1-15-18(24)9-6-10-19(15)25-22(27)14-26(20-13-16(23)11-12-21(20)30-2)31(28,29)17-7-4-3-5-8-17/h3-13H,14H2,1-2H3,(H,25,27). The lowest BCUT2D eigenvalue weighted by molar-refractivity contribution is -0.114. The number of anilines is 2. The number of carbonyl (C=O) groups is 1. The second kappa shape index (κ2) is 9.60. The van der Waals surface area contributed by atoms with Gasteiger partial charge < -0.3 is 10.1 Å². The van der Waals surface area contributed by atoms with Gasteiger partial charge in [0.2, 0.25) is 5.91 Å². The van der Waals surface area contributed by atoms with Crippen LogP contribution in [0.1, 0.15) is 5.56 Å². The number of hydrogen-bond donors (Lipinski definition) is 1. The van der Waals surface area contributed by atoms with Crippen molar-refractivity contribution < 1.29 is 17.9 Å². The second-order valence-corrected chi connectivity index (χ2v) is 9.31. The number of benzene rings is 3. The van der Waals surface area contributed by atoms with Crippen molar-refractivity contribution in [1.29, 1.82) is 0 Å². The van der Waals surface area contributed by atoms with Gasteiger partial charge in [0.05, 0.1) is 17.7 Å². The molecule has 162 valence electrons. The topological polar surface area (TPSA) is 75.7 Å². The summed E-state index contributed by atoms with van der Waals surface area (Å²) >= 11 is 12.2. The van der Waals surface area contributed by atoms with E-state index in [2.05, 4.69) is 5.32 Å². The molecule has 6 nitrogen and oxygen atoms in total. The fourth-order valence-electron chi connectivity index (χ4n) is 2.94. The van der Waals surface area contributed by atoms with Gasteiger partial charge >= 0.3 is 0 Å². The minimum Gasteiger partial charge on any atom is -0.495 e.